The van der Waals surface area contributed by atoms with Crippen molar-refractivity contribution in [1.82, 2.24) is 10.2 Å². The Bertz CT molecular complexity index is 889. The molecule has 0 aromatic heterocycles. The van der Waals surface area contributed by atoms with E-state index in [9.17, 15) is 14.4 Å². The van der Waals surface area contributed by atoms with Gasteiger partial charge in [0.2, 0.25) is 5.91 Å². The van der Waals surface area contributed by atoms with Crippen LogP contribution in [-0.4, -0.2) is 35.3 Å². The molecule has 26 heavy (non-hydrogen) atoms. The standard InChI is InChI=1S/C19H16N4O3/c20-11-14-7-4-8-15(9-14)21-17(24)12-23-18(25)16(22-19(23)26)10-13-5-2-1-3-6-13/h1-9,16H,10,12H2,(H,21,24)(H,22,26)/t16-/m1/s1. The number of imide groups is 1. The minimum Gasteiger partial charge on any atom is -0.325 e. The number of nitriles is 1. The molecular weight excluding hydrogens is 332 g/mol. The summed E-state index contributed by atoms with van der Waals surface area (Å²) in [6.07, 6.45) is 0.369. The molecule has 3 rings (SSSR count). The van der Waals surface area contributed by atoms with Crippen molar-refractivity contribution in [2.24, 2.45) is 0 Å². The van der Waals surface area contributed by atoms with Gasteiger partial charge in [0.25, 0.3) is 5.91 Å². The number of amides is 4. The SMILES string of the molecule is N#Cc1cccc(NC(=O)CN2C(=O)N[C@H](Cc3ccccc3)C2=O)c1. The number of benzene rings is 2. The third-order valence-corrected chi connectivity index (χ3v) is 3.97. The minimum atomic E-state index is -0.681. The number of carbonyl (C=O) groups is 3. The Morgan fingerprint density at radius 2 is 1.92 bits per heavy atom. The number of urea groups is 1. The molecule has 7 nitrogen and oxygen atoms in total. The first kappa shape index (κ1) is 17.2. The second-order valence-corrected chi connectivity index (χ2v) is 5.86. The van der Waals surface area contributed by atoms with Crippen LogP contribution in [0.4, 0.5) is 10.5 Å². The van der Waals surface area contributed by atoms with Crippen molar-refractivity contribution in [3.63, 3.8) is 0 Å². The van der Waals surface area contributed by atoms with Crippen molar-refractivity contribution in [3.8, 4) is 6.07 Å². The zero-order valence-electron chi connectivity index (χ0n) is 13.8. The summed E-state index contributed by atoms with van der Waals surface area (Å²) in [5, 5.41) is 14.1. The van der Waals surface area contributed by atoms with E-state index < -0.39 is 23.9 Å². The van der Waals surface area contributed by atoms with E-state index in [-0.39, 0.29) is 6.54 Å². The van der Waals surface area contributed by atoms with Gasteiger partial charge in [0, 0.05) is 12.1 Å². The zero-order chi connectivity index (χ0) is 18.5. The maximum Gasteiger partial charge on any atom is 0.325 e. The molecule has 2 N–H and O–H groups in total. The lowest BCUT2D eigenvalue weighted by Crippen LogP contribution is -2.38. The number of nitrogens with one attached hydrogen (secondary N) is 2. The molecule has 1 fully saturated rings. The Kier molecular flexibility index (Phi) is 4.94. The van der Waals surface area contributed by atoms with Crippen molar-refractivity contribution < 1.29 is 14.4 Å². The molecule has 130 valence electrons. The number of nitrogens with zero attached hydrogens (tertiary/aromatic N) is 2. The van der Waals surface area contributed by atoms with Gasteiger partial charge in [-0.3, -0.25) is 14.5 Å². The highest BCUT2D eigenvalue weighted by molar-refractivity contribution is 6.08. The van der Waals surface area contributed by atoms with Crippen molar-refractivity contribution in [2.75, 3.05) is 11.9 Å². The maximum absolute atomic E-state index is 12.4. The summed E-state index contributed by atoms with van der Waals surface area (Å²) in [5.41, 5.74) is 1.76. The first-order chi connectivity index (χ1) is 12.6. The van der Waals surface area contributed by atoms with Crippen molar-refractivity contribution in [1.29, 1.82) is 5.26 Å². The average molecular weight is 348 g/mol. The monoisotopic (exact) mass is 348 g/mol. The summed E-state index contributed by atoms with van der Waals surface area (Å²) in [5.74, 6) is -0.941. The van der Waals surface area contributed by atoms with E-state index in [4.69, 9.17) is 5.26 Å². The molecule has 0 spiro atoms. The first-order valence-corrected chi connectivity index (χ1v) is 8.02. The molecule has 1 aliphatic heterocycles. The van der Waals surface area contributed by atoms with Gasteiger partial charge in [0.15, 0.2) is 0 Å². The van der Waals surface area contributed by atoms with Crippen molar-refractivity contribution in [3.05, 3.63) is 65.7 Å². The molecule has 2 aromatic rings. The lowest BCUT2D eigenvalue weighted by Gasteiger charge is -2.13. The van der Waals surface area contributed by atoms with E-state index in [0.29, 0.717) is 17.7 Å². The van der Waals surface area contributed by atoms with E-state index in [1.807, 2.05) is 36.4 Å². The highest BCUT2D eigenvalue weighted by atomic mass is 16.2. The summed E-state index contributed by atoms with van der Waals surface area (Å²) in [6, 6.07) is 16.4. The van der Waals surface area contributed by atoms with Gasteiger partial charge in [-0.15, -0.1) is 0 Å². The van der Waals surface area contributed by atoms with E-state index >= 15 is 0 Å². The molecule has 0 radical (unpaired) electrons. The van der Waals surface area contributed by atoms with Gasteiger partial charge in [0.05, 0.1) is 11.6 Å². The molecule has 0 unspecified atom stereocenters. The normalized spacial score (nSPS) is 16.1. The van der Waals surface area contributed by atoms with E-state index in [0.717, 1.165) is 10.5 Å². The van der Waals surface area contributed by atoms with Gasteiger partial charge >= 0.3 is 6.03 Å². The molecule has 7 heteroatoms. The number of carbonyl (C=O) groups excluding carboxylic acids is 3. The van der Waals surface area contributed by atoms with Crippen LogP contribution in [0.1, 0.15) is 11.1 Å². The van der Waals surface area contributed by atoms with Crippen LogP contribution in [0.25, 0.3) is 0 Å². The fourth-order valence-corrected chi connectivity index (χ4v) is 2.73. The Hall–Kier alpha value is -3.66. The van der Waals surface area contributed by atoms with Crippen LogP contribution in [0.15, 0.2) is 54.6 Å². The van der Waals surface area contributed by atoms with Crippen LogP contribution < -0.4 is 10.6 Å². The van der Waals surface area contributed by atoms with Gasteiger partial charge in [-0.25, -0.2) is 4.79 Å². The molecule has 1 aliphatic rings. The average Bonchev–Trinajstić information content (AvgIpc) is 2.90. The maximum atomic E-state index is 12.4. The first-order valence-electron chi connectivity index (χ1n) is 8.02. The van der Waals surface area contributed by atoms with Crippen LogP contribution in [0, 0.1) is 11.3 Å². The van der Waals surface area contributed by atoms with Crippen LogP contribution in [0.3, 0.4) is 0 Å². The topological polar surface area (TPSA) is 102 Å². The fraction of sp³-hybridized carbons (Fsp3) is 0.158. The van der Waals surface area contributed by atoms with Gasteiger partial charge in [-0.05, 0) is 23.8 Å². The summed E-state index contributed by atoms with van der Waals surface area (Å²) < 4.78 is 0. The molecule has 4 amide bonds. The number of hydrogen-bond donors (Lipinski definition) is 2. The minimum absolute atomic E-state index is 0.369. The summed E-state index contributed by atoms with van der Waals surface area (Å²) in [4.78, 5) is 37.5. The number of rotatable bonds is 5. The molecular formula is C19H16N4O3. The van der Waals surface area contributed by atoms with E-state index in [1.165, 1.54) is 6.07 Å². The Labute approximate surface area is 150 Å². The third-order valence-electron chi connectivity index (χ3n) is 3.97. The molecule has 1 heterocycles. The van der Waals surface area contributed by atoms with Crippen LogP contribution in [0.5, 0.6) is 0 Å². The Balaban J connectivity index is 1.62. The quantitative estimate of drug-likeness (QED) is 0.802. The second-order valence-electron chi connectivity index (χ2n) is 5.86. The lowest BCUT2D eigenvalue weighted by molar-refractivity contribution is -0.130. The van der Waals surface area contributed by atoms with E-state index in [2.05, 4.69) is 10.6 Å². The third kappa shape index (κ3) is 3.87. The molecule has 1 atom stereocenters. The summed E-state index contributed by atoms with van der Waals surface area (Å²) in [6.45, 7) is -0.382. The van der Waals surface area contributed by atoms with Crippen molar-refractivity contribution in [2.45, 2.75) is 12.5 Å². The highest BCUT2D eigenvalue weighted by Crippen LogP contribution is 2.13. The van der Waals surface area contributed by atoms with E-state index in [1.54, 1.807) is 18.2 Å². The molecule has 1 saturated heterocycles. The van der Waals surface area contributed by atoms with Gasteiger partial charge in [-0.2, -0.15) is 5.26 Å². The second kappa shape index (κ2) is 7.49. The van der Waals surface area contributed by atoms with Crippen molar-refractivity contribution >= 4 is 23.5 Å². The fourth-order valence-electron chi connectivity index (χ4n) is 2.73. The summed E-state index contributed by atoms with van der Waals surface area (Å²) in [7, 11) is 0. The molecule has 2 aromatic carbocycles. The van der Waals surface area contributed by atoms with Crippen LogP contribution in [0.2, 0.25) is 0 Å². The van der Waals surface area contributed by atoms with Crippen LogP contribution in [-0.2, 0) is 16.0 Å². The molecule has 0 bridgehead atoms. The lowest BCUT2D eigenvalue weighted by atomic mass is 10.1. The summed E-state index contributed by atoms with van der Waals surface area (Å²) >= 11 is 0. The smallest absolute Gasteiger partial charge is 0.325 e. The van der Waals surface area contributed by atoms with Gasteiger partial charge in [-0.1, -0.05) is 36.4 Å². The number of anilines is 1. The van der Waals surface area contributed by atoms with Gasteiger partial charge < -0.3 is 10.6 Å². The Morgan fingerprint density at radius 1 is 1.15 bits per heavy atom. The van der Waals surface area contributed by atoms with Gasteiger partial charge in [0.1, 0.15) is 12.6 Å². The Morgan fingerprint density at radius 3 is 2.65 bits per heavy atom. The zero-order valence-corrected chi connectivity index (χ0v) is 13.8. The molecule has 0 aliphatic carbocycles. The predicted octanol–water partition coefficient (Wildman–Crippen LogP) is 1.66. The largest absolute Gasteiger partial charge is 0.325 e. The molecule has 0 saturated carbocycles. The highest BCUT2D eigenvalue weighted by Gasteiger charge is 2.38. The number of hydrogen-bond acceptors (Lipinski definition) is 4. The van der Waals surface area contributed by atoms with Crippen LogP contribution >= 0.6 is 0 Å². The predicted molar refractivity (Wildman–Crippen MR) is 94.0 cm³/mol.